The lowest BCUT2D eigenvalue weighted by atomic mass is 9.99. The number of aliphatic hydroxyl groups is 4. The largest absolute Gasteiger partial charge is 0.388 e. The lowest BCUT2D eigenvalue weighted by molar-refractivity contribution is -0.284. The first kappa shape index (κ1) is 15.6. The van der Waals surface area contributed by atoms with Gasteiger partial charge in [0.2, 0.25) is 0 Å². The molecule has 1 aliphatic rings. The summed E-state index contributed by atoms with van der Waals surface area (Å²) < 4.78 is 6.51. The summed E-state index contributed by atoms with van der Waals surface area (Å²) in [4.78, 5) is 0. The summed E-state index contributed by atoms with van der Waals surface area (Å²) >= 11 is 5.59. The number of aromatic nitrogens is 3. The molecule has 1 saturated heterocycles. The topological polar surface area (TPSA) is 121 Å². The van der Waals surface area contributed by atoms with Gasteiger partial charge in [-0.25, -0.2) is 4.68 Å². The van der Waals surface area contributed by atoms with Crippen molar-refractivity contribution in [3.8, 4) is 0 Å². The van der Waals surface area contributed by atoms with Gasteiger partial charge in [-0.1, -0.05) is 5.21 Å². The molecule has 1 aromatic heterocycles. The van der Waals surface area contributed by atoms with Crippen molar-refractivity contribution in [2.75, 3.05) is 5.88 Å². The molecule has 1 aromatic rings. The number of hydrogen-bond donors (Lipinski definition) is 4. The Labute approximate surface area is 120 Å². The third-order valence-corrected chi connectivity index (χ3v) is 3.47. The molecule has 0 radical (unpaired) electrons. The van der Waals surface area contributed by atoms with E-state index in [1.807, 2.05) is 0 Å². The van der Waals surface area contributed by atoms with E-state index in [0.29, 0.717) is 12.3 Å². The van der Waals surface area contributed by atoms with Crippen LogP contribution in [-0.2, 0) is 17.7 Å². The Morgan fingerprint density at radius 3 is 2.65 bits per heavy atom. The van der Waals surface area contributed by atoms with Crippen LogP contribution < -0.4 is 0 Å². The number of halogens is 1. The highest BCUT2D eigenvalue weighted by Gasteiger charge is 2.43. The number of aliphatic hydroxyl groups excluding tert-OH is 4. The van der Waals surface area contributed by atoms with Crippen LogP contribution in [0.1, 0.15) is 12.1 Å². The molecule has 0 aliphatic carbocycles. The van der Waals surface area contributed by atoms with Crippen molar-refractivity contribution in [3.63, 3.8) is 0 Å². The van der Waals surface area contributed by atoms with Gasteiger partial charge in [-0.05, 0) is 12.8 Å². The monoisotopic (exact) mass is 307 g/mol. The molecule has 9 heteroatoms. The average molecular weight is 308 g/mol. The zero-order valence-electron chi connectivity index (χ0n) is 10.7. The first-order valence-corrected chi connectivity index (χ1v) is 6.89. The summed E-state index contributed by atoms with van der Waals surface area (Å²) in [5.74, 6) is 0.535. The number of hydrogen-bond acceptors (Lipinski definition) is 7. The van der Waals surface area contributed by atoms with Gasteiger partial charge in [-0.2, -0.15) is 0 Å². The molecule has 0 aromatic carbocycles. The summed E-state index contributed by atoms with van der Waals surface area (Å²) in [7, 11) is 0. The Balaban J connectivity index is 1.96. The highest BCUT2D eigenvalue weighted by molar-refractivity contribution is 6.17. The van der Waals surface area contributed by atoms with Crippen LogP contribution in [0.15, 0.2) is 6.20 Å². The second-order valence-corrected chi connectivity index (χ2v) is 5.14. The summed E-state index contributed by atoms with van der Waals surface area (Å²) in [6.45, 7) is 0.107. The van der Waals surface area contributed by atoms with Gasteiger partial charge in [0.1, 0.15) is 24.4 Å². The van der Waals surface area contributed by atoms with Crippen LogP contribution in [0.25, 0.3) is 0 Å². The van der Waals surface area contributed by atoms with Gasteiger partial charge in [0.05, 0.1) is 12.2 Å². The van der Waals surface area contributed by atoms with E-state index in [1.165, 1.54) is 4.68 Å². The van der Waals surface area contributed by atoms with E-state index < -0.39 is 30.7 Å². The molecule has 0 saturated carbocycles. The van der Waals surface area contributed by atoms with E-state index in [4.69, 9.17) is 16.3 Å². The van der Waals surface area contributed by atoms with Gasteiger partial charge in [-0.15, -0.1) is 16.7 Å². The minimum absolute atomic E-state index is 0.107. The van der Waals surface area contributed by atoms with Crippen molar-refractivity contribution in [1.82, 2.24) is 15.0 Å². The van der Waals surface area contributed by atoms with Gasteiger partial charge >= 0.3 is 0 Å². The van der Waals surface area contributed by atoms with Crippen molar-refractivity contribution in [2.24, 2.45) is 0 Å². The highest BCUT2D eigenvalue weighted by atomic mass is 35.5. The number of aryl methyl sites for hydroxylation is 1. The maximum absolute atomic E-state index is 9.81. The van der Waals surface area contributed by atoms with Gasteiger partial charge in [0.25, 0.3) is 0 Å². The molecule has 114 valence electrons. The van der Waals surface area contributed by atoms with Crippen LogP contribution in [0.2, 0.25) is 0 Å². The SMILES string of the molecule is OC1O[C@H](Cn2cc(CCCCl)nn2)[C@@H](O)[C@H](O)[C@H]1O. The molecule has 4 N–H and O–H groups in total. The minimum atomic E-state index is -1.54. The van der Waals surface area contributed by atoms with Gasteiger partial charge in [-0.3, -0.25) is 0 Å². The summed E-state index contributed by atoms with van der Waals surface area (Å²) in [6.07, 6.45) is -3.58. The van der Waals surface area contributed by atoms with E-state index in [-0.39, 0.29) is 6.54 Å². The average Bonchev–Trinajstić information content (AvgIpc) is 2.87. The van der Waals surface area contributed by atoms with E-state index >= 15 is 0 Å². The van der Waals surface area contributed by atoms with Crippen molar-refractivity contribution in [3.05, 3.63) is 11.9 Å². The quantitative estimate of drug-likeness (QED) is 0.476. The Bertz CT molecular complexity index is 432. The second-order valence-electron chi connectivity index (χ2n) is 4.76. The molecule has 8 nitrogen and oxygen atoms in total. The van der Waals surface area contributed by atoms with Crippen LogP contribution in [0, 0.1) is 0 Å². The summed E-state index contributed by atoms with van der Waals surface area (Å²) in [5, 5.41) is 46.0. The number of ether oxygens (including phenoxy) is 1. The van der Waals surface area contributed by atoms with E-state index in [0.717, 1.165) is 12.1 Å². The molecule has 0 bridgehead atoms. The Morgan fingerprint density at radius 2 is 1.95 bits per heavy atom. The molecular weight excluding hydrogens is 290 g/mol. The van der Waals surface area contributed by atoms with Gasteiger partial charge < -0.3 is 25.2 Å². The fraction of sp³-hybridized carbons (Fsp3) is 0.818. The smallest absolute Gasteiger partial charge is 0.184 e. The predicted octanol–water partition coefficient (Wildman–Crippen LogP) is -1.75. The molecule has 2 rings (SSSR count). The molecule has 1 unspecified atom stereocenters. The van der Waals surface area contributed by atoms with E-state index in [2.05, 4.69) is 10.3 Å². The third kappa shape index (κ3) is 3.46. The predicted molar refractivity (Wildman–Crippen MR) is 68.0 cm³/mol. The maximum atomic E-state index is 9.81. The molecule has 1 fully saturated rings. The van der Waals surface area contributed by atoms with E-state index in [9.17, 15) is 20.4 Å². The zero-order valence-corrected chi connectivity index (χ0v) is 11.5. The first-order chi connectivity index (χ1) is 9.52. The normalized spacial score (nSPS) is 34.4. The summed E-state index contributed by atoms with van der Waals surface area (Å²) in [6, 6.07) is 0. The van der Waals surface area contributed by atoms with Crippen LogP contribution in [-0.4, -0.2) is 72.0 Å². The van der Waals surface area contributed by atoms with Gasteiger partial charge in [0.15, 0.2) is 6.29 Å². The fourth-order valence-electron chi connectivity index (χ4n) is 2.06. The van der Waals surface area contributed by atoms with Crippen LogP contribution in [0.4, 0.5) is 0 Å². The van der Waals surface area contributed by atoms with E-state index in [1.54, 1.807) is 6.20 Å². The van der Waals surface area contributed by atoms with Crippen molar-refractivity contribution in [2.45, 2.75) is 50.1 Å². The number of alkyl halides is 1. The maximum Gasteiger partial charge on any atom is 0.184 e. The molecule has 5 atom stereocenters. The zero-order chi connectivity index (χ0) is 14.7. The second kappa shape index (κ2) is 6.79. The Kier molecular flexibility index (Phi) is 5.30. The number of nitrogens with zero attached hydrogens (tertiary/aromatic N) is 3. The number of rotatable bonds is 5. The Hall–Kier alpha value is -0.770. The summed E-state index contributed by atoms with van der Waals surface area (Å²) in [5.41, 5.74) is 0.761. The highest BCUT2D eigenvalue weighted by Crippen LogP contribution is 2.20. The van der Waals surface area contributed by atoms with Gasteiger partial charge in [0, 0.05) is 12.1 Å². The molecular formula is C11H18ClN3O5. The standard InChI is InChI=1S/C11H18ClN3O5/c12-3-1-2-6-4-15(14-13-6)5-7-8(16)9(17)10(18)11(19)20-7/h4,7-11,16-19H,1-3,5H2/t7-,8-,9+,10-,11?/m1/s1. The minimum Gasteiger partial charge on any atom is -0.388 e. The molecule has 1 aliphatic heterocycles. The van der Waals surface area contributed by atoms with Crippen LogP contribution in [0.5, 0.6) is 0 Å². The van der Waals surface area contributed by atoms with Crippen molar-refractivity contribution < 1.29 is 25.2 Å². The Morgan fingerprint density at radius 1 is 1.20 bits per heavy atom. The first-order valence-electron chi connectivity index (χ1n) is 6.35. The van der Waals surface area contributed by atoms with Crippen LogP contribution in [0.3, 0.4) is 0 Å². The third-order valence-electron chi connectivity index (χ3n) is 3.21. The fourth-order valence-corrected chi connectivity index (χ4v) is 2.19. The van der Waals surface area contributed by atoms with Crippen molar-refractivity contribution in [1.29, 1.82) is 0 Å². The molecule has 20 heavy (non-hydrogen) atoms. The van der Waals surface area contributed by atoms with Crippen molar-refractivity contribution >= 4 is 11.6 Å². The molecule has 0 amide bonds. The molecule has 0 spiro atoms. The molecule has 2 heterocycles. The lowest BCUT2D eigenvalue weighted by Gasteiger charge is -2.38. The lowest BCUT2D eigenvalue weighted by Crippen LogP contribution is -2.58. The van der Waals surface area contributed by atoms with Crippen LogP contribution >= 0.6 is 11.6 Å².